The molecule has 0 aliphatic carbocycles. The Morgan fingerprint density at radius 1 is 1.33 bits per heavy atom. The van der Waals surface area contributed by atoms with Crippen LogP contribution in [-0.4, -0.2) is 31.2 Å². The molecule has 1 fully saturated rings. The fourth-order valence-electron chi connectivity index (χ4n) is 2.37. The molecule has 0 spiro atoms. The smallest absolute Gasteiger partial charge is 0.248 e. The highest BCUT2D eigenvalue weighted by molar-refractivity contribution is 5.94. The molecule has 18 heavy (non-hydrogen) atoms. The molecule has 5 nitrogen and oxygen atoms in total. The number of hydrogen-bond acceptors (Lipinski definition) is 4. The number of nitrogens with zero attached hydrogens (tertiary/aromatic N) is 1. The summed E-state index contributed by atoms with van der Waals surface area (Å²) in [5, 5.41) is 0. The van der Waals surface area contributed by atoms with Gasteiger partial charge in [0.2, 0.25) is 5.91 Å². The highest BCUT2D eigenvalue weighted by atomic mass is 16.5. The number of amides is 1. The van der Waals surface area contributed by atoms with Gasteiger partial charge in [0, 0.05) is 18.7 Å². The lowest BCUT2D eigenvalue weighted by molar-refractivity contribution is -0.00517. The molecule has 98 valence electrons. The number of rotatable bonds is 2. The van der Waals surface area contributed by atoms with Crippen molar-refractivity contribution in [2.75, 3.05) is 23.7 Å². The van der Waals surface area contributed by atoms with Crippen molar-refractivity contribution in [3.8, 4) is 0 Å². The van der Waals surface area contributed by atoms with Crippen LogP contribution < -0.4 is 16.4 Å². The summed E-state index contributed by atoms with van der Waals surface area (Å²) in [6.45, 7) is 5.67. The summed E-state index contributed by atoms with van der Waals surface area (Å²) >= 11 is 0. The highest BCUT2D eigenvalue weighted by Gasteiger charge is 2.23. The maximum Gasteiger partial charge on any atom is 0.248 e. The van der Waals surface area contributed by atoms with Gasteiger partial charge in [-0.1, -0.05) is 0 Å². The predicted molar refractivity (Wildman–Crippen MR) is 71.6 cm³/mol. The molecule has 2 atom stereocenters. The van der Waals surface area contributed by atoms with E-state index in [1.54, 1.807) is 12.1 Å². The highest BCUT2D eigenvalue weighted by Crippen LogP contribution is 2.27. The first-order valence-corrected chi connectivity index (χ1v) is 6.07. The molecule has 1 heterocycles. The van der Waals surface area contributed by atoms with Gasteiger partial charge < -0.3 is 21.1 Å². The van der Waals surface area contributed by atoms with Crippen LogP contribution >= 0.6 is 0 Å². The summed E-state index contributed by atoms with van der Waals surface area (Å²) in [7, 11) is 0. The van der Waals surface area contributed by atoms with Crippen LogP contribution in [0.2, 0.25) is 0 Å². The first-order chi connectivity index (χ1) is 8.47. The minimum absolute atomic E-state index is 0.170. The Bertz CT molecular complexity index is 452. The second-order valence-electron chi connectivity index (χ2n) is 4.80. The zero-order chi connectivity index (χ0) is 13.3. The van der Waals surface area contributed by atoms with E-state index in [4.69, 9.17) is 16.2 Å². The van der Waals surface area contributed by atoms with Crippen molar-refractivity contribution in [2.24, 2.45) is 5.73 Å². The van der Waals surface area contributed by atoms with E-state index in [1.807, 2.05) is 19.9 Å². The van der Waals surface area contributed by atoms with E-state index >= 15 is 0 Å². The van der Waals surface area contributed by atoms with Crippen molar-refractivity contribution in [3.05, 3.63) is 23.8 Å². The second kappa shape index (κ2) is 4.86. The number of carbonyl (C=O) groups excluding carboxylic acids is 1. The Hall–Kier alpha value is -1.75. The molecule has 1 aliphatic rings. The molecule has 0 aromatic heterocycles. The number of primary amides is 1. The molecule has 1 saturated heterocycles. The van der Waals surface area contributed by atoms with Crippen LogP contribution in [0, 0.1) is 0 Å². The van der Waals surface area contributed by atoms with Gasteiger partial charge in [0.15, 0.2) is 0 Å². The van der Waals surface area contributed by atoms with E-state index in [9.17, 15) is 4.79 Å². The van der Waals surface area contributed by atoms with E-state index < -0.39 is 5.91 Å². The average molecular weight is 249 g/mol. The number of benzene rings is 1. The third-order valence-corrected chi connectivity index (χ3v) is 3.07. The summed E-state index contributed by atoms with van der Waals surface area (Å²) in [4.78, 5) is 13.3. The van der Waals surface area contributed by atoms with Crippen LogP contribution in [0.4, 0.5) is 11.4 Å². The molecule has 1 amide bonds. The molecule has 4 N–H and O–H groups in total. The first kappa shape index (κ1) is 12.7. The summed E-state index contributed by atoms with van der Waals surface area (Å²) in [6, 6.07) is 5.18. The summed E-state index contributed by atoms with van der Waals surface area (Å²) in [5.74, 6) is -0.461. The van der Waals surface area contributed by atoms with Crippen LogP contribution in [0.25, 0.3) is 0 Å². The molecule has 0 radical (unpaired) electrons. The van der Waals surface area contributed by atoms with Crippen LogP contribution in [0.1, 0.15) is 24.2 Å². The zero-order valence-corrected chi connectivity index (χ0v) is 10.7. The Labute approximate surface area is 107 Å². The first-order valence-electron chi connectivity index (χ1n) is 6.07. The Balaban J connectivity index is 2.25. The minimum Gasteiger partial charge on any atom is -0.397 e. The van der Waals surface area contributed by atoms with E-state index in [2.05, 4.69) is 4.90 Å². The molecule has 2 rings (SSSR count). The lowest BCUT2D eigenvalue weighted by Gasteiger charge is -2.37. The number of carbonyl (C=O) groups is 1. The third-order valence-electron chi connectivity index (χ3n) is 3.07. The number of morpholine rings is 1. The summed E-state index contributed by atoms with van der Waals surface area (Å²) < 4.78 is 5.68. The summed E-state index contributed by atoms with van der Waals surface area (Å²) in [6.07, 6.45) is 0.341. The van der Waals surface area contributed by atoms with E-state index in [0.29, 0.717) is 11.3 Å². The van der Waals surface area contributed by atoms with Gasteiger partial charge in [0.05, 0.1) is 23.6 Å². The quantitative estimate of drug-likeness (QED) is 0.765. The van der Waals surface area contributed by atoms with Crippen molar-refractivity contribution in [1.82, 2.24) is 0 Å². The maximum atomic E-state index is 11.1. The molecule has 1 aromatic rings. The number of nitrogens with two attached hydrogens (primary N) is 2. The van der Waals surface area contributed by atoms with Crippen molar-refractivity contribution in [1.29, 1.82) is 0 Å². The van der Waals surface area contributed by atoms with Gasteiger partial charge in [-0.3, -0.25) is 4.79 Å². The summed E-state index contributed by atoms with van der Waals surface area (Å²) in [5.41, 5.74) is 13.2. The Morgan fingerprint density at radius 2 is 1.94 bits per heavy atom. The van der Waals surface area contributed by atoms with Crippen molar-refractivity contribution < 1.29 is 9.53 Å². The molecular formula is C13H19N3O2. The van der Waals surface area contributed by atoms with Crippen LogP contribution in [0.15, 0.2) is 18.2 Å². The molecule has 1 aromatic carbocycles. The second-order valence-corrected chi connectivity index (χ2v) is 4.80. The number of ether oxygens (including phenoxy) is 1. The average Bonchev–Trinajstić information content (AvgIpc) is 2.27. The van der Waals surface area contributed by atoms with E-state index in [1.165, 1.54) is 0 Å². The van der Waals surface area contributed by atoms with E-state index in [-0.39, 0.29) is 12.2 Å². The molecular weight excluding hydrogens is 230 g/mol. The fraction of sp³-hybridized carbons (Fsp3) is 0.462. The van der Waals surface area contributed by atoms with Crippen molar-refractivity contribution in [2.45, 2.75) is 26.1 Å². The standard InChI is InChI=1S/C13H19N3O2/c1-8-6-16(7-9(2)18-8)12-4-3-10(13(15)17)5-11(12)14/h3-5,8-9H,6-7,14H2,1-2H3,(H2,15,17)/t8-,9-/m0/s1. The van der Waals surface area contributed by atoms with Gasteiger partial charge in [-0.2, -0.15) is 0 Å². The zero-order valence-electron chi connectivity index (χ0n) is 10.7. The number of anilines is 2. The van der Waals surface area contributed by atoms with E-state index in [0.717, 1.165) is 18.8 Å². The molecule has 0 unspecified atom stereocenters. The number of nitrogen functional groups attached to an aromatic ring is 1. The van der Waals surface area contributed by atoms with Crippen molar-refractivity contribution >= 4 is 17.3 Å². The Kier molecular flexibility index (Phi) is 3.43. The largest absolute Gasteiger partial charge is 0.397 e. The molecule has 0 saturated carbocycles. The van der Waals surface area contributed by atoms with Gasteiger partial charge in [-0.25, -0.2) is 0 Å². The maximum absolute atomic E-state index is 11.1. The van der Waals surface area contributed by atoms with Gasteiger partial charge in [-0.15, -0.1) is 0 Å². The predicted octanol–water partition coefficient (Wildman–Crippen LogP) is 0.981. The lowest BCUT2D eigenvalue weighted by Crippen LogP contribution is -2.45. The SMILES string of the molecule is C[C@H]1CN(c2ccc(C(N)=O)cc2N)C[C@H](C)O1. The van der Waals surface area contributed by atoms with Gasteiger partial charge in [0.25, 0.3) is 0 Å². The lowest BCUT2D eigenvalue weighted by atomic mass is 10.1. The topological polar surface area (TPSA) is 81.6 Å². The molecule has 1 aliphatic heterocycles. The van der Waals surface area contributed by atoms with Crippen molar-refractivity contribution in [3.63, 3.8) is 0 Å². The monoisotopic (exact) mass is 249 g/mol. The van der Waals surface area contributed by atoms with Gasteiger partial charge in [0.1, 0.15) is 0 Å². The van der Waals surface area contributed by atoms with Gasteiger partial charge >= 0.3 is 0 Å². The Morgan fingerprint density at radius 3 is 2.44 bits per heavy atom. The normalized spacial score (nSPS) is 24.0. The third kappa shape index (κ3) is 2.56. The molecule has 0 bridgehead atoms. The van der Waals surface area contributed by atoms with Crippen LogP contribution in [-0.2, 0) is 4.74 Å². The fourth-order valence-corrected chi connectivity index (χ4v) is 2.37. The van der Waals surface area contributed by atoms with Gasteiger partial charge in [-0.05, 0) is 32.0 Å². The van der Waals surface area contributed by atoms with Crippen LogP contribution in [0.5, 0.6) is 0 Å². The molecule has 5 heteroatoms. The minimum atomic E-state index is -0.461. The number of hydrogen-bond donors (Lipinski definition) is 2. The van der Waals surface area contributed by atoms with Crippen LogP contribution in [0.3, 0.4) is 0 Å².